The van der Waals surface area contributed by atoms with E-state index in [4.69, 9.17) is 4.99 Å². The first-order valence-electron chi connectivity index (χ1n) is 11.3. The molecular formula is C25H33N7. The molecule has 0 aliphatic carbocycles. The Morgan fingerprint density at radius 1 is 1.09 bits per heavy atom. The van der Waals surface area contributed by atoms with Gasteiger partial charge in [0.05, 0.1) is 6.04 Å². The van der Waals surface area contributed by atoms with Crippen LogP contribution in [0, 0.1) is 13.8 Å². The highest BCUT2D eigenvalue weighted by atomic mass is 15.3. The smallest absolute Gasteiger partial charge is 0.192 e. The number of hydrogen-bond donors (Lipinski definition) is 2. The van der Waals surface area contributed by atoms with Gasteiger partial charge in [0.1, 0.15) is 12.4 Å². The second kappa shape index (κ2) is 9.85. The lowest BCUT2D eigenvalue weighted by atomic mass is 10.1. The Bertz CT molecular complexity index is 1040. The van der Waals surface area contributed by atoms with Crippen LogP contribution in [0.5, 0.6) is 0 Å². The fourth-order valence-electron chi connectivity index (χ4n) is 3.96. The summed E-state index contributed by atoms with van der Waals surface area (Å²) in [6.45, 7) is 8.69. The summed E-state index contributed by atoms with van der Waals surface area (Å²) in [6, 6.07) is 19.7. The van der Waals surface area contributed by atoms with E-state index in [1.807, 2.05) is 24.6 Å². The molecule has 0 amide bonds. The zero-order chi connectivity index (χ0) is 22.5. The van der Waals surface area contributed by atoms with Gasteiger partial charge in [0.15, 0.2) is 11.8 Å². The average Bonchev–Trinajstić information content (AvgIpc) is 3.40. The van der Waals surface area contributed by atoms with E-state index in [0.717, 1.165) is 37.1 Å². The fourth-order valence-corrected chi connectivity index (χ4v) is 3.96. The van der Waals surface area contributed by atoms with Gasteiger partial charge in [0.2, 0.25) is 0 Å². The first-order chi connectivity index (χ1) is 15.5. The third-order valence-electron chi connectivity index (χ3n) is 6.14. The highest BCUT2D eigenvalue weighted by Gasteiger charge is 2.24. The Balaban J connectivity index is 1.46. The first-order valence-corrected chi connectivity index (χ1v) is 11.3. The average molecular weight is 432 g/mol. The van der Waals surface area contributed by atoms with Gasteiger partial charge in [-0.05, 0) is 44.9 Å². The Morgan fingerprint density at radius 2 is 1.84 bits per heavy atom. The molecule has 0 radical (unpaired) electrons. The second-order valence-corrected chi connectivity index (χ2v) is 8.58. The standard InChI is InChI=1S/C25H33N7/c1-18-10-12-23(13-11-18)32-15-14-22(17-32)28-25(26-16-24-30-29-20(3)31(24)4)27-19(2)21-8-6-5-7-9-21/h5-13,19,22H,14-17H2,1-4H3,(H2,26,27,28). The van der Waals surface area contributed by atoms with Gasteiger partial charge in [0.25, 0.3) is 0 Å². The summed E-state index contributed by atoms with van der Waals surface area (Å²) in [7, 11) is 1.98. The number of nitrogens with zero attached hydrogens (tertiary/aromatic N) is 5. The van der Waals surface area contributed by atoms with Gasteiger partial charge < -0.3 is 20.1 Å². The van der Waals surface area contributed by atoms with Crippen molar-refractivity contribution in [3.8, 4) is 0 Å². The van der Waals surface area contributed by atoms with Crippen molar-refractivity contribution in [2.45, 2.75) is 45.8 Å². The van der Waals surface area contributed by atoms with Crippen molar-refractivity contribution in [3.63, 3.8) is 0 Å². The zero-order valence-corrected chi connectivity index (χ0v) is 19.4. The number of nitrogens with one attached hydrogen (secondary N) is 2. The fraction of sp³-hybridized carbons (Fsp3) is 0.400. The maximum absolute atomic E-state index is 4.86. The Morgan fingerprint density at radius 3 is 2.53 bits per heavy atom. The third kappa shape index (κ3) is 5.28. The lowest BCUT2D eigenvalue weighted by molar-refractivity contribution is 0.617. The van der Waals surface area contributed by atoms with Crippen LogP contribution in [0.15, 0.2) is 59.6 Å². The van der Waals surface area contributed by atoms with Crippen LogP contribution in [0.4, 0.5) is 5.69 Å². The predicted octanol–water partition coefficient (Wildman–Crippen LogP) is 3.51. The van der Waals surface area contributed by atoms with Gasteiger partial charge in [0, 0.05) is 31.9 Å². The molecule has 1 fully saturated rings. The molecule has 2 heterocycles. The van der Waals surface area contributed by atoms with Crippen molar-refractivity contribution in [1.82, 2.24) is 25.4 Å². The summed E-state index contributed by atoms with van der Waals surface area (Å²) in [6.07, 6.45) is 1.07. The molecule has 2 N–H and O–H groups in total. The Hall–Kier alpha value is -3.35. The number of rotatable bonds is 6. The number of aryl methyl sites for hydroxylation is 2. The molecular weight excluding hydrogens is 398 g/mol. The lowest BCUT2D eigenvalue weighted by Crippen LogP contribution is -2.45. The molecule has 1 aliphatic heterocycles. The summed E-state index contributed by atoms with van der Waals surface area (Å²) >= 11 is 0. The van der Waals surface area contributed by atoms with Crippen LogP contribution in [0.2, 0.25) is 0 Å². The third-order valence-corrected chi connectivity index (χ3v) is 6.14. The number of guanidine groups is 1. The molecule has 168 valence electrons. The van der Waals surface area contributed by atoms with Gasteiger partial charge in [-0.3, -0.25) is 0 Å². The van der Waals surface area contributed by atoms with Gasteiger partial charge in [-0.2, -0.15) is 0 Å². The van der Waals surface area contributed by atoms with Crippen LogP contribution in [0.3, 0.4) is 0 Å². The van der Waals surface area contributed by atoms with E-state index in [2.05, 4.69) is 88.1 Å². The number of benzene rings is 2. The summed E-state index contributed by atoms with van der Waals surface area (Å²) in [5.41, 5.74) is 3.79. The van der Waals surface area contributed by atoms with Crippen molar-refractivity contribution >= 4 is 11.6 Å². The van der Waals surface area contributed by atoms with Crippen LogP contribution < -0.4 is 15.5 Å². The summed E-state index contributed by atoms with van der Waals surface area (Å²) < 4.78 is 1.98. The minimum Gasteiger partial charge on any atom is -0.369 e. The van der Waals surface area contributed by atoms with Crippen molar-refractivity contribution in [2.75, 3.05) is 18.0 Å². The molecule has 1 aromatic heterocycles. The van der Waals surface area contributed by atoms with Crippen LogP contribution in [-0.2, 0) is 13.6 Å². The van der Waals surface area contributed by atoms with Gasteiger partial charge in [-0.15, -0.1) is 10.2 Å². The molecule has 7 heteroatoms. The van der Waals surface area contributed by atoms with Crippen molar-refractivity contribution in [2.24, 2.45) is 12.0 Å². The van der Waals surface area contributed by atoms with E-state index in [9.17, 15) is 0 Å². The van der Waals surface area contributed by atoms with E-state index >= 15 is 0 Å². The maximum atomic E-state index is 4.86. The van der Waals surface area contributed by atoms with Crippen molar-refractivity contribution < 1.29 is 0 Å². The maximum Gasteiger partial charge on any atom is 0.192 e. The zero-order valence-electron chi connectivity index (χ0n) is 19.4. The summed E-state index contributed by atoms with van der Waals surface area (Å²) in [5, 5.41) is 15.7. The minimum atomic E-state index is 0.137. The first kappa shape index (κ1) is 21.9. The van der Waals surface area contributed by atoms with Crippen LogP contribution in [0.25, 0.3) is 0 Å². The SMILES string of the molecule is Cc1ccc(N2CCC(NC(=NCc3nnc(C)n3C)NC(C)c3ccccc3)C2)cc1. The van der Waals surface area contributed by atoms with Gasteiger partial charge in [-0.25, -0.2) is 4.99 Å². The molecule has 0 saturated carbocycles. The van der Waals surface area contributed by atoms with Gasteiger partial charge in [-0.1, -0.05) is 48.0 Å². The van der Waals surface area contributed by atoms with Crippen LogP contribution in [-0.4, -0.2) is 39.9 Å². The summed E-state index contributed by atoms with van der Waals surface area (Å²) in [5.74, 6) is 2.54. The molecule has 32 heavy (non-hydrogen) atoms. The molecule has 7 nitrogen and oxygen atoms in total. The highest BCUT2D eigenvalue weighted by molar-refractivity contribution is 5.80. The van der Waals surface area contributed by atoms with E-state index in [1.54, 1.807) is 0 Å². The topological polar surface area (TPSA) is 70.4 Å². The lowest BCUT2D eigenvalue weighted by Gasteiger charge is -2.23. The normalized spacial score (nSPS) is 17.4. The number of anilines is 1. The second-order valence-electron chi connectivity index (χ2n) is 8.58. The largest absolute Gasteiger partial charge is 0.369 e. The van der Waals surface area contributed by atoms with E-state index in [-0.39, 0.29) is 6.04 Å². The number of aromatic nitrogens is 3. The molecule has 2 unspecified atom stereocenters. The van der Waals surface area contributed by atoms with Crippen LogP contribution >= 0.6 is 0 Å². The van der Waals surface area contributed by atoms with E-state index < -0.39 is 0 Å². The number of aliphatic imine (C=N–C) groups is 1. The molecule has 2 atom stereocenters. The van der Waals surface area contributed by atoms with E-state index in [0.29, 0.717) is 12.6 Å². The van der Waals surface area contributed by atoms with Gasteiger partial charge >= 0.3 is 0 Å². The molecule has 3 aromatic rings. The van der Waals surface area contributed by atoms with E-state index in [1.165, 1.54) is 16.8 Å². The highest BCUT2D eigenvalue weighted by Crippen LogP contribution is 2.21. The quantitative estimate of drug-likeness (QED) is 0.462. The van der Waals surface area contributed by atoms with Crippen LogP contribution in [0.1, 0.15) is 42.2 Å². The minimum absolute atomic E-state index is 0.137. The Kier molecular flexibility index (Phi) is 6.73. The molecule has 4 rings (SSSR count). The molecule has 1 saturated heterocycles. The monoisotopic (exact) mass is 431 g/mol. The molecule has 0 bridgehead atoms. The van der Waals surface area contributed by atoms with Crippen molar-refractivity contribution in [3.05, 3.63) is 77.4 Å². The summed E-state index contributed by atoms with van der Waals surface area (Å²) in [4.78, 5) is 7.29. The number of hydrogen-bond acceptors (Lipinski definition) is 4. The predicted molar refractivity (Wildman–Crippen MR) is 130 cm³/mol. The van der Waals surface area contributed by atoms with Crippen molar-refractivity contribution in [1.29, 1.82) is 0 Å². The molecule has 1 aliphatic rings. The Labute approximate surface area is 190 Å². The molecule has 2 aromatic carbocycles. The molecule has 0 spiro atoms.